The highest BCUT2D eigenvalue weighted by molar-refractivity contribution is 6.30. The molecule has 0 aromatic heterocycles. The third-order valence-corrected chi connectivity index (χ3v) is 3.65. The molecule has 21 heavy (non-hydrogen) atoms. The van der Waals surface area contributed by atoms with Crippen LogP contribution < -0.4 is 10.1 Å². The maximum absolute atomic E-state index is 12.0. The van der Waals surface area contributed by atoms with E-state index in [2.05, 4.69) is 12.2 Å². The molecule has 0 radical (unpaired) electrons. The molecule has 0 fully saturated rings. The molecule has 1 amide bonds. The average molecular weight is 314 g/mol. The van der Waals surface area contributed by atoms with Crippen LogP contribution in [0.25, 0.3) is 0 Å². The summed E-state index contributed by atoms with van der Waals surface area (Å²) in [4.78, 5) is 12.0. The molecular formula is C16H24ClNO3. The zero-order valence-electron chi connectivity index (χ0n) is 12.7. The van der Waals surface area contributed by atoms with Crippen LogP contribution in [0.1, 0.15) is 31.7 Å². The van der Waals surface area contributed by atoms with Crippen molar-refractivity contribution in [3.8, 4) is 5.75 Å². The first kappa shape index (κ1) is 17.8. The Morgan fingerprint density at radius 2 is 2.19 bits per heavy atom. The molecule has 1 unspecified atom stereocenters. The van der Waals surface area contributed by atoms with Crippen molar-refractivity contribution in [2.75, 3.05) is 20.3 Å². The monoisotopic (exact) mass is 313 g/mol. The number of halogens is 1. The summed E-state index contributed by atoms with van der Waals surface area (Å²) in [5.74, 6) is 0.926. The van der Waals surface area contributed by atoms with Gasteiger partial charge in [-0.15, -0.1) is 0 Å². The van der Waals surface area contributed by atoms with E-state index in [9.17, 15) is 4.79 Å². The van der Waals surface area contributed by atoms with E-state index in [-0.39, 0.29) is 18.9 Å². The molecule has 1 atom stereocenters. The smallest absolute Gasteiger partial charge is 0.224 e. The number of methoxy groups -OCH3 is 1. The van der Waals surface area contributed by atoms with E-state index in [0.717, 1.165) is 18.4 Å². The number of amides is 1. The van der Waals surface area contributed by atoms with E-state index in [0.29, 0.717) is 29.7 Å². The van der Waals surface area contributed by atoms with E-state index in [1.807, 2.05) is 0 Å². The van der Waals surface area contributed by atoms with Gasteiger partial charge in [0, 0.05) is 23.7 Å². The lowest BCUT2D eigenvalue weighted by Crippen LogP contribution is -2.31. The number of aliphatic hydroxyl groups is 1. The lowest BCUT2D eigenvalue weighted by atomic mass is 10.00. The van der Waals surface area contributed by atoms with E-state index in [1.165, 1.54) is 0 Å². The number of hydrogen-bond donors (Lipinski definition) is 2. The van der Waals surface area contributed by atoms with Gasteiger partial charge in [0.25, 0.3) is 0 Å². The van der Waals surface area contributed by atoms with Crippen molar-refractivity contribution in [2.45, 2.75) is 32.6 Å². The van der Waals surface area contributed by atoms with Gasteiger partial charge in [0.2, 0.25) is 5.91 Å². The number of benzene rings is 1. The number of hydrogen-bond acceptors (Lipinski definition) is 3. The minimum atomic E-state index is -0.0605. The summed E-state index contributed by atoms with van der Waals surface area (Å²) in [5, 5.41) is 12.5. The summed E-state index contributed by atoms with van der Waals surface area (Å²) < 4.78 is 5.23. The SMILES string of the molecule is CCCC(CCO)CNC(=O)Cc1cc(Cl)ccc1OC. The highest BCUT2D eigenvalue weighted by Crippen LogP contribution is 2.23. The Balaban J connectivity index is 2.55. The topological polar surface area (TPSA) is 58.6 Å². The first-order valence-electron chi connectivity index (χ1n) is 7.30. The van der Waals surface area contributed by atoms with Gasteiger partial charge < -0.3 is 15.2 Å². The second-order valence-corrected chi connectivity index (χ2v) is 5.54. The molecule has 118 valence electrons. The van der Waals surface area contributed by atoms with Crippen LogP contribution in [0.3, 0.4) is 0 Å². The Kier molecular flexibility index (Phi) is 8.16. The van der Waals surface area contributed by atoms with Gasteiger partial charge in [-0.2, -0.15) is 0 Å². The Hall–Kier alpha value is -1.26. The summed E-state index contributed by atoms with van der Waals surface area (Å²) in [5.41, 5.74) is 0.775. The van der Waals surface area contributed by atoms with Gasteiger partial charge in [0.1, 0.15) is 5.75 Å². The molecule has 5 heteroatoms. The molecule has 2 N–H and O–H groups in total. The zero-order chi connectivity index (χ0) is 15.7. The van der Waals surface area contributed by atoms with Crippen molar-refractivity contribution in [3.63, 3.8) is 0 Å². The van der Waals surface area contributed by atoms with Crippen LogP contribution in [0.5, 0.6) is 5.75 Å². The lowest BCUT2D eigenvalue weighted by molar-refractivity contribution is -0.120. The fourth-order valence-corrected chi connectivity index (χ4v) is 2.51. The average Bonchev–Trinajstić information content (AvgIpc) is 2.45. The fraction of sp³-hybridized carbons (Fsp3) is 0.562. The minimum Gasteiger partial charge on any atom is -0.496 e. The van der Waals surface area contributed by atoms with Gasteiger partial charge in [-0.05, 0) is 37.0 Å². The molecule has 0 aliphatic heterocycles. The summed E-state index contributed by atoms with van der Waals surface area (Å²) in [6, 6.07) is 5.24. The fourth-order valence-electron chi connectivity index (χ4n) is 2.32. The molecule has 0 bridgehead atoms. The number of nitrogens with one attached hydrogen (secondary N) is 1. The molecule has 1 aromatic carbocycles. The summed E-state index contributed by atoms with van der Waals surface area (Å²) in [6.45, 7) is 2.85. The first-order valence-corrected chi connectivity index (χ1v) is 7.68. The summed E-state index contributed by atoms with van der Waals surface area (Å²) in [7, 11) is 1.57. The number of aliphatic hydroxyl groups excluding tert-OH is 1. The van der Waals surface area contributed by atoms with Gasteiger partial charge in [0.15, 0.2) is 0 Å². The third kappa shape index (κ3) is 6.36. The molecule has 0 aliphatic rings. The quantitative estimate of drug-likeness (QED) is 0.737. The molecular weight excluding hydrogens is 290 g/mol. The van der Waals surface area contributed by atoms with Gasteiger partial charge >= 0.3 is 0 Å². The predicted octanol–water partition coefficient (Wildman–Crippen LogP) is 2.81. The van der Waals surface area contributed by atoms with E-state index in [4.69, 9.17) is 21.4 Å². The standard InChI is InChI=1S/C16H24ClNO3/c1-3-4-12(7-8-19)11-18-16(20)10-13-9-14(17)5-6-15(13)21-2/h5-6,9,12,19H,3-4,7-8,10-11H2,1-2H3,(H,18,20). The van der Waals surface area contributed by atoms with E-state index >= 15 is 0 Å². The van der Waals surface area contributed by atoms with Crippen LogP contribution >= 0.6 is 11.6 Å². The van der Waals surface area contributed by atoms with E-state index in [1.54, 1.807) is 25.3 Å². The van der Waals surface area contributed by atoms with Crippen LogP contribution in [-0.4, -0.2) is 31.3 Å². The largest absolute Gasteiger partial charge is 0.496 e. The highest BCUT2D eigenvalue weighted by atomic mass is 35.5. The molecule has 0 spiro atoms. The zero-order valence-corrected chi connectivity index (χ0v) is 13.4. The number of rotatable bonds is 9. The van der Waals surface area contributed by atoms with Crippen molar-refractivity contribution in [2.24, 2.45) is 5.92 Å². The van der Waals surface area contributed by atoms with Gasteiger partial charge in [0.05, 0.1) is 13.5 Å². The number of ether oxygens (including phenoxy) is 1. The second kappa shape index (κ2) is 9.64. The van der Waals surface area contributed by atoms with Crippen molar-refractivity contribution in [1.29, 1.82) is 0 Å². The van der Waals surface area contributed by atoms with Crippen LogP contribution in [0.2, 0.25) is 5.02 Å². The minimum absolute atomic E-state index is 0.0605. The lowest BCUT2D eigenvalue weighted by Gasteiger charge is -2.16. The summed E-state index contributed by atoms with van der Waals surface area (Å²) >= 11 is 5.95. The Bertz CT molecular complexity index is 445. The van der Waals surface area contributed by atoms with E-state index < -0.39 is 0 Å². The second-order valence-electron chi connectivity index (χ2n) is 5.10. The van der Waals surface area contributed by atoms with Crippen LogP contribution in [0.4, 0.5) is 0 Å². The molecule has 0 aliphatic carbocycles. The van der Waals surface area contributed by atoms with Crippen molar-refractivity contribution in [1.82, 2.24) is 5.32 Å². The summed E-state index contributed by atoms with van der Waals surface area (Å²) in [6.07, 6.45) is 3.00. The normalized spacial score (nSPS) is 12.0. The molecule has 1 rings (SSSR count). The predicted molar refractivity (Wildman–Crippen MR) is 84.8 cm³/mol. The number of carbonyl (C=O) groups excluding carboxylic acids is 1. The molecule has 0 saturated heterocycles. The van der Waals surface area contributed by atoms with Crippen LogP contribution in [0, 0.1) is 5.92 Å². The van der Waals surface area contributed by atoms with Crippen molar-refractivity contribution in [3.05, 3.63) is 28.8 Å². The first-order chi connectivity index (χ1) is 10.1. The Labute approximate surface area is 131 Å². The van der Waals surface area contributed by atoms with Gasteiger partial charge in [-0.3, -0.25) is 4.79 Å². The van der Waals surface area contributed by atoms with Gasteiger partial charge in [-0.1, -0.05) is 24.9 Å². The molecule has 0 heterocycles. The third-order valence-electron chi connectivity index (χ3n) is 3.42. The van der Waals surface area contributed by atoms with Crippen LogP contribution in [-0.2, 0) is 11.2 Å². The molecule has 0 saturated carbocycles. The maximum atomic E-state index is 12.0. The molecule has 4 nitrogen and oxygen atoms in total. The van der Waals surface area contributed by atoms with Crippen LogP contribution in [0.15, 0.2) is 18.2 Å². The molecule has 1 aromatic rings. The Morgan fingerprint density at radius 1 is 1.43 bits per heavy atom. The van der Waals surface area contributed by atoms with Crippen molar-refractivity contribution >= 4 is 17.5 Å². The maximum Gasteiger partial charge on any atom is 0.224 e. The number of carbonyl (C=O) groups is 1. The Morgan fingerprint density at radius 3 is 2.81 bits per heavy atom. The highest BCUT2D eigenvalue weighted by Gasteiger charge is 2.12. The van der Waals surface area contributed by atoms with Gasteiger partial charge in [-0.25, -0.2) is 0 Å². The van der Waals surface area contributed by atoms with Crippen molar-refractivity contribution < 1.29 is 14.6 Å².